The van der Waals surface area contributed by atoms with E-state index in [1.165, 1.54) is 90.6 Å². The normalized spacial score (nSPS) is 26.6. The number of allylic oxidation sites excluding steroid dienone is 2. The van der Waals surface area contributed by atoms with E-state index in [1.54, 1.807) is 41.5 Å². The zero-order chi connectivity index (χ0) is 74.0. The number of hydrogen-bond acceptors (Lipinski definition) is 12. The van der Waals surface area contributed by atoms with E-state index in [4.69, 9.17) is 4.43 Å². The summed E-state index contributed by atoms with van der Waals surface area (Å²) in [7, 11) is 7.70. The molecule has 1 heterocycles. The first-order valence-corrected chi connectivity index (χ1v) is 38.1. The third-order valence-corrected chi connectivity index (χ3v) is 23.9. The van der Waals surface area contributed by atoms with Gasteiger partial charge >= 0.3 is 0 Å². The molecule has 1 fully saturated rings. The highest BCUT2D eigenvalue weighted by Crippen LogP contribution is 2.40. The number of carbonyl (C=O) groups is 11. The molecule has 546 valence electrons. The van der Waals surface area contributed by atoms with Gasteiger partial charge in [-0.1, -0.05) is 150 Å². The summed E-state index contributed by atoms with van der Waals surface area (Å²) in [5.41, 5.74) is 0. The molecule has 0 aromatic carbocycles. The first-order chi connectivity index (χ1) is 43.6. The molecular weight excluding hydrogens is 1220 g/mol. The number of Topliss-reactive ketones (excluding diaryl/α,β-unsaturated/α-hetero) is 1. The number of ketones is 1. The molecule has 3 N–H and O–H groups in total. The molecule has 95 heavy (non-hydrogen) atoms. The third-order valence-electron chi connectivity index (χ3n) is 19.4. The molecule has 1 rings (SSSR count). The second-order valence-electron chi connectivity index (χ2n) is 31.3. The van der Waals surface area contributed by atoms with E-state index in [2.05, 4.69) is 49.8 Å². The lowest BCUT2D eigenvalue weighted by molar-refractivity contribution is -0.157. The Morgan fingerprint density at radius 3 is 1.32 bits per heavy atom. The number of carbonyl (C=O) groups excluding carboxylic acids is 11. The van der Waals surface area contributed by atoms with Gasteiger partial charge in [0.15, 0.2) is 14.1 Å². The second kappa shape index (κ2) is 38.4. The van der Waals surface area contributed by atoms with Crippen LogP contribution >= 0.6 is 0 Å². The Hall–Kier alpha value is -5.71. The average molecular weight is 1360 g/mol. The molecule has 13 atom stereocenters. The van der Waals surface area contributed by atoms with Crippen molar-refractivity contribution in [1.29, 1.82) is 0 Å². The zero-order valence-corrected chi connectivity index (χ0v) is 65.5. The summed E-state index contributed by atoms with van der Waals surface area (Å²) in [5.74, 6) is -9.32. The first-order valence-electron chi connectivity index (χ1n) is 35.2. The SMILES string of the molecule is C/C=C/C[C@@H](C)[C@@H](O[Si](C)(C)C(C)(C)C)[C@@H]1C(=O)N[C@H](CC)C(=O)N(C)[C@H](CCC)C(=O)N(C)[C@@H](CC(C)C)C(=O)N[C@H](C(C)C)C(=O)N(C)[C@H](CC(C)C)C(=O)N[C@H](C)C(=O)C[C@@H](C)C(=O)N(C)[C@H](CC(C)C)C(=O)N(C)[C@H](CC(C)C)C(=O)N(C)[C@H](C(C)C)C(=O)N1C. The molecule has 0 aromatic rings. The van der Waals surface area contributed by atoms with Crippen LogP contribution in [0, 0.1) is 47.3 Å². The maximum absolute atomic E-state index is 15.9. The van der Waals surface area contributed by atoms with Crippen LogP contribution in [0.25, 0.3) is 0 Å². The molecule has 0 aliphatic carbocycles. The van der Waals surface area contributed by atoms with Gasteiger partial charge in [0.1, 0.15) is 54.4 Å². The molecule has 0 radical (unpaired) electrons. The van der Waals surface area contributed by atoms with Gasteiger partial charge in [-0.15, -0.1) is 0 Å². The Morgan fingerprint density at radius 2 is 0.895 bits per heavy atom. The molecule has 0 bridgehead atoms. The molecule has 0 unspecified atom stereocenters. The summed E-state index contributed by atoms with van der Waals surface area (Å²) < 4.78 is 7.31. The summed E-state index contributed by atoms with van der Waals surface area (Å²) in [4.78, 5) is 175. The van der Waals surface area contributed by atoms with Gasteiger partial charge in [-0.05, 0) is 118 Å². The number of nitrogens with zero attached hydrogens (tertiary/aromatic N) is 7. The lowest BCUT2D eigenvalue weighted by atomic mass is 9.91. The predicted octanol–water partition coefficient (Wildman–Crippen LogP) is 8.56. The van der Waals surface area contributed by atoms with Crippen molar-refractivity contribution >= 4 is 73.2 Å². The summed E-state index contributed by atoms with van der Waals surface area (Å²) in [6.45, 7) is 43.2. The van der Waals surface area contributed by atoms with Gasteiger partial charge in [0.25, 0.3) is 0 Å². The van der Waals surface area contributed by atoms with Crippen molar-refractivity contribution in [1.82, 2.24) is 50.2 Å². The van der Waals surface area contributed by atoms with E-state index in [0.29, 0.717) is 12.8 Å². The molecule has 22 nitrogen and oxygen atoms in total. The highest BCUT2D eigenvalue weighted by atomic mass is 28.4. The standard InChI is InChI=1S/C72H132N10O12Si/c1-31-34-36-48(16)61(94-95(29,30)72(19,20)21)60-64(86)74-51(33-3)66(88)76(22)52(35-32-2)67(89)77(23)54(38-43(6)7)63(85)75-58(46(12)13)70(92)78(24)53(37-42(4)5)62(84)73-50(18)57(83)41-49(17)65(87)79(25)55(39-44(8)9)68(90)80(26)56(40-45(10)11)69(91)81(27)59(47(14)15)71(93)82(60)28/h31,34,42-56,58-61H,32-33,35-41H2,1-30H3,(H,73,84)(H,74,86)(H,75,85)/b34-31+/t48-,49-,50-,51-,52-,53-,54+,55-,56-,58-,59-,60-,61-/m1/s1. The summed E-state index contributed by atoms with van der Waals surface area (Å²) in [5, 5.41) is 8.41. The van der Waals surface area contributed by atoms with Crippen molar-refractivity contribution in [3.8, 4) is 0 Å². The van der Waals surface area contributed by atoms with Crippen molar-refractivity contribution in [2.75, 3.05) is 49.3 Å². The Labute approximate surface area is 574 Å². The molecule has 23 heteroatoms. The van der Waals surface area contributed by atoms with Crippen LogP contribution in [0.5, 0.6) is 0 Å². The Kier molecular flexibility index (Phi) is 35.3. The summed E-state index contributed by atoms with van der Waals surface area (Å²) in [6.07, 6.45) is 4.45. The number of likely N-dealkylation sites (N-methyl/N-ethyl adjacent to an activating group) is 7. The highest BCUT2D eigenvalue weighted by Gasteiger charge is 2.50. The fraction of sp³-hybridized carbons (Fsp3) is 0.819. The molecule has 1 aliphatic rings. The van der Waals surface area contributed by atoms with Crippen molar-refractivity contribution in [3.05, 3.63) is 12.2 Å². The highest BCUT2D eigenvalue weighted by molar-refractivity contribution is 6.74. The van der Waals surface area contributed by atoms with Crippen LogP contribution < -0.4 is 16.0 Å². The average Bonchev–Trinajstić information content (AvgIpc) is 0.792. The Morgan fingerprint density at radius 1 is 0.495 bits per heavy atom. The van der Waals surface area contributed by atoms with Gasteiger partial charge in [0, 0.05) is 61.7 Å². The van der Waals surface area contributed by atoms with Gasteiger partial charge in [-0.25, -0.2) is 0 Å². The third kappa shape index (κ3) is 24.1. The number of nitrogens with one attached hydrogen (secondary N) is 3. The maximum atomic E-state index is 15.9. The van der Waals surface area contributed by atoms with Crippen molar-refractivity contribution in [2.24, 2.45) is 47.3 Å². The van der Waals surface area contributed by atoms with Gasteiger partial charge < -0.3 is 54.7 Å². The topological polar surface area (TPSA) is 256 Å². The maximum Gasteiger partial charge on any atom is 0.246 e. The fourth-order valence-corrected chi connectivity index (χ4v) is 13.7. The summed E-state index contributed by atoms with van der Waals surface area (Å²) in [6, 6.07) is -11.7. The minimum absolute atomic E-state index is 0.0642. The molecule has 0 spiro atoms. The molecule has 0 saturated carbocycles. The lowest BCUT2D eigenvalue weighted by Crippen LogP contribution is -2.65. The second-order valence-corrected chi connectivity index (χ2v) is 36.0. The largest absolute Gasteiger partial charge is 0.411 e. The van der Waals surface area contributed by atoms with E-state index >= 15 is 28.8 Å². The first kappa shape index (κ1) is 87.3. The zero-order valence-electron chi connectivity index (χ0n) is 64.5. The minimum Gasteiger partial charge on any atom is -0.411 e. The quantitative estimate of drug-likeness (QED) is 0.0812. The van der Waals surface area contributed by atoms with Crippen LogP contribution in [0.4, 0.5) is 0 Å². The number of rotatable bonds is 19. The van der Waals surface area contributed by atoms with Crippen molar-refractivity contribution in [3.63, 3.8) is 0 Å². The minimum atomic E-state index is -2.82. The monoisotopic (exact) mass is 1360 g/mol. The Bertz CT molecular complexity index is 2620. The van der Waals surface area contributed by atoms with E-state index < -0.39 is 163 Å². The molecular formula is C72H132N10O12Si. The lowest BCUT2D eigenvalue weighted by Gasteiger charge is -2.46. The number of hydrogen-bond donors (Lipinski definition) is 3. The van der Waals surface area contributed by atoms with E-state index in [1.807, 2.05) is 88.3 Å². The number of amides is 10. The smallest absolute Gasteiger partial charge is 0.246 e. The van der Waals surface area contributed by atoms with E-state index in [9.17, 15) is 24.0 Å². The van der Waals surface area contributed by atoms with Gasteiger partial charge in [0.2, 0.25) is 59.1 Å². The van der Waals surface area contributed by atoms with E-state index in [-0.39, 0.29) is 73.7 Å². The van der Waals surface area contributed by atoms with Crippen LogP contribution in [0.1, 0.15) is 203 Å². The van der Waals surface area contributed by atoms with Crippen LogP contribution in [-0.4, -0.2) is 223 Å². The van der Waals surface area contributed by atoms with Gasteiger partial charge in [-0.3, -0.25) is 52.7 Å². The van der Waals surface area contributed by atoms with E-state index in [0.717, 1.165) is 0 Å². The van der Waals surface area contributed by atoms with Crippen molar-refractivity contribution in [2.45, 2.75) is 288 Å². The van der Waals surface area contributed by atoms with Gasteiger partial charge in [-0.2, -0.15) is 0 Å². The molecule has 0 aromatic heterocycles. The predicted molar refractivity (Wildman–Crippen MR) is 380 cm³/mol. The molecule has 1 saturated heterocycles. The van der Waals surface area contributed by atoms with Crippen LogP contribution in [0.3, 0.4) is 0 Å². The van der Waals surface area contributed by atoms with Gasteiger partial charge in [0.05, 0.1) is 12.1 Å². The fourth-order valence-electron chi connectivity index (χ4n) is 12.3. The molecule has 10 amide bonds. The van der Waals surface area contributed by atoms with Crippen LogP contribution in [0.2, 0.25) is 18.1 Å². The van der Waals surface area contributed by atoms with Crippen LogP contribution in [0.15, 0.2) is 12.2 Å². The summed E-state index contributed by atoms with van der Waals surface area (Å²) >= 11 is 0. The Balaban J connectivity index is 4.69. The van der Waals surface area contributed by atoms with Crippen LogP contribution in [-0.2, 0) is 57.2 Å². The van der Waals surface area contributed by atoms with Crippen molar-refractivity contribution < 1.29 is 57.2 Å². The molecule has 1 aliphatic heterocycles.